The molecule has 0 N–H and O–H groups in total. The van der Waals surface area contributed by atoms with Crippen LogP contribution in [0.15, 0.2) is 18.2 Å². The summed E-state index contributed by atoms with van der Waals surface area (Å²) < 4.78 is 0. The topological polar surface area (TPSA) is 30.3 Å². The van der Waals surface area contributed by atoms with Crippen LogP contribution < -0.4 is 4.90 Å². The van der Waals surface area contributed by atoms with Gasteiger partial charge in [-0.1, -0.05) is 25.4 Å². The van der Waals surface area contributed by atoms with Gasteiger partial charge in [0.1, 0.15) is 6.07 Å². The number of halogens is 1. The third-order valence-corrected chi connectivity index (χ3v) is 4.47. The number of likely N-dealkylation sites (N-methyl/N-ethyl adjacent to an activating group) is 1. The SMILES string of the molecule is CC(C)CCN(c1ccc(C#N)c(Cl)c1)C1CCN(C)C1. The molecule has 1 aliphatic rings. The lowest BCUT2D eigenvalue weighted by Crippen LogP contribution is -2.38. The Balaban J connectivity index is 2.22. The molecule has 1 heterocycles. The van der Waals surface area contributed by atoms with Crippen LogP contribution >= 0.6 is 11.6 Å². The smallest absolute Gasteiger partial charge is 0.101 e. The van der Waals surface area contributed by atoms with E-state index in [1.165, 1.54) is 6.42 Å². The molecule has 2 rings (SSSR count). The lowest BCUT2D eigenvalue weighted by atomic mass is 10.1. The molecule has 1 atom stereocenters. The number of likely N-dealkylation sites (tertiary alicyclic amines) is 1. The first-order valence-electron chi connectivity index (χ1n) is 7.66. The number of anilines is 1. The molecule has 21 heavy (non-hydrogen) atoms. The van der Waals surface area contributed by atoms with Gasteiger partial charge in [0.15, 0.2) is 0 Å². The molecule has 0 bridgehead atoms. The van der Waals surface area contributed by atoms with Crippen molar-refractivity contribution < 1.29 is 0 Å². The van der Waals surface area contributed by atoms with Gasteiger partial charge >= 0.3 is 0 Å². The van der Waals surface area contributed by atoms with Gasteiger partial charge in [-0.25, -0.2) is 0 Å². The Labute approximate surface area is 133 Å². The summed E-state index contributed by atoms with van der Waals surface area (Å²) in [5.74, 6) is 0.681. The maximum absolute atomic E-state index is 9.02. The van der Waals surface area contributed by atoms with E-state index in [9.17, 15) is 0 Å². The minimum absolute atomic E-state index is 0.540. The van der Waals surface area contributed by atoms with Crippen LogP contribution in [-0.2, 0) is 0 Å². The van der Waals surface area contributed by atoms with Gasteiger partial charge in [-0.2, -0.15) is 5.26 Å². The normalized spacial score (nSPS) is 19.0. The van der Waals surface area contributed by atoms with Crippen LogP contribution in [-0.4, -0.2) is 37.6 Å². The molecule has 114 valence electrons. The first kappa shape index (κ1) is 16.1. The third kappa shape index (κ3) is 4.12. The molecule has 0 aliphatic carbocycles. The van der Waals surface area contributed by atoms with E-state index in [4.69, 9.17) is 16.9 Å². The van der Waals surface area contributed by atoms with E-state index >= 15 is 0 Å². The molecule has 0 spiro atoms. The molecule has 1 aromatic carbocycles. The van der Waals surface area contributed by atoms with Gasteiger partial charge in [0.25, 0.3) is 0 Å². The van der Waals surface area contributed by atoms with Gasteiger partial charge in [-0.05, 0) is 50.6 Å². The van der Waals surface area contributed by atoms with E-state index in [0.717, 1.165) is 31.7 Å². The van der Waals surface area contributed by atoms with Gasteiger partial charge in [-0.15, -0.1) is 0 Å². The highest BCUT2D eigenvalue weighted by Crippen LogP contribution is 2.28. The second kappa shape index (κ2) is 7.15. The van der Waals surface area contributed by atoms with Crippen LogP contribution in [0.1, 0.15) is 32.3 Å². The van der Waals surface area contributed by atoms with Crippen LogP contribution in [0.4, 0.5) is 5.69 Å². The molecule has 3 nitrogen and oxygen atoms in total. The number of nitrogens with zero attached hydrogens (tertiary/aromatic N) is 3. The average Bonchev–Trinajstić information content (AvgIpc) is 2.85. The molecule has 1 aliphatic heterocycles. The lowest BCUT2D eigenvalue weighted by molar-refractivity contribution is 0.405. The molecule has 1 saturated heterocycles. The van der Waals surface area contributed by atoms with Crippen molar-refractivity contribution in [3.05, 3.63) is 28.8 Å². The predicted molar refractivity (Wildman–Crippen MR) is 88.9 cm³/mol. The van der Waals surface area contributed by atoms with Crippen LogP contribution in [0.3, 0.4) is 0 Å². The van der Waals surface area contributed by atoms with Crippen LogP contribution in [0.2, 0.25) is 5.02 Å². The second-order valence-electron chi connectivity index (χ2n) is 6.36. The Hall–Kier alpha value is -1.24. The molecule has 0 amide bonds. The summed E-state index contributed by atoms with van der Waals surface area (Å²) >= 11 is 6.21. The molecule has 0 radical (unpaired) electrons. The summed E-state index contributed by atoms with van der Waals surface area (Å²) in [6.07, 6.45) is 2.35. The summed E-state index contributed by atoms with van der Waals surface area (Å²) in [7, 11) is 2.17. The minimum atomic E-state index is 0.540. The van der Waals surface area contributed by atoms with Crippen molar-refractivity contribution in [2.24, 2.45) is 5.92 Å². The highest BCUT2D eigenvalue weighted by atomic mass is 35.5. The quantitative estimate of drug-likeness (QED) is 0.829. The number of rotatable bonds is 5. The van der Waals surface area contributed by atoms with E-state index in [1.807, 2.05) is 18.2 Å². The summed E-state index contributed by atoms with van der Waals surface area (Å²) in [5, 5.41) is 9.57. The summed E-state index contributed by atoms with van der Waals surface area (Å²) in [6, 6.07) is 8.48. The van der Waals surface area contributed by atoms with Crippen molar-refractivity contribution in [3.63, 3.8) is 0 Å². The Kier molecular flexibility index (Phi) is 5.50. The van der Waals surface area contributed by atoms with Gasteiger partial charge in [0, 0.05) is 24.8 Å². The van der Waals surface area contributed by atoms with E-state index in [2.05, 4.69) is 36.8 Å². The second-order valence-corrected chi connectivity index (χ2v) is 6.76. The van der Waals surface area contributed by atoms with E-state index in [1.54, 1.807) is 0 Å². The van der Waals surface area contributed by atoms with Crippen molar-refractivity contribution >= 4 is 17.3 Å². The Bertz CT molecular complexity index is 521. The molecule has 4 heteroatoms. The maximum atomic E-state index is 9.02. The fourth-order valence-corrected chi connectivity index (χ4v) is 3.08. The summed E-state index contributed by atoms with van der Waals surface area (Å²) in [6.45, 7) is 7.79. The van der Waals surface area contributed by atoms with Crippen molar-refractivity contribution in [1.29, 1.82) is 5.26 Å². The average molecular weight is 306 g/mol. The third-order valence-electron chi connectivity index (χ3n) is 4.16. The predicted octanol–water partition coefficient (Wildman–Crippen LogP) is 3.77. The first-order valence-corrected chi connectivity index (χ1v) is 8.04. The van der Waals surface area contributed by atoms with Crippen LogP contribution in [0.5, 0.6) is 0 Å². The fourth-order valence-electron chi connectivity index (χ4n) is 2.86. The molecule has 1 aromatic rings. The maximum Gasteiger partial charge on any atom is 0.101 e. The Morgan fingerprint density at radius 2 is 2.24 bits per heavy atom. The molecule has 1 fully saturated rings. The summed E-state index contributed by atoms with van der Waals surface area (Å²) in [4.78, 5) is 4.84. The molecule has 1 unspecified atom stereocenters. The number of hydrogen-bond donors (Lipinski definition) is 0. The highest BCUT2D eigenvalue weighted by Gasteiger charge is 2.26. The minimum Gasteiger partial charge on any atom is -0.367 e. The fraction of sp³-hybridized carbons (Fsp3) is 0.588. The highest BCUT2D eigenvalue weighted by molar-refractivity contribution is 6.32. The number of benzene rings is 1. The molecule has 0 saturated carbocycles. The van der Waals surface area contributed by atoms with Crippen molar-refractivity contribution in [2.45, 2.75) is 32.7 Å². The van der Waals surface area contributed by atoms with Gasteiger partial charge in [0.05, 0.1) is 10.6 Å². The largest absolute Gasteiger partial charge is 0.367 e. The van der Waals surface area contributed by atoms with Gasteiger partial charge < -0.3 is 9.80 Å². The van der Waals surface area contributed by atoms with E-state index in [-0.39, 0.29) is 0 Å². The Morgan fingerprint density at radius 1 is 1.48 bits per heavy atom. The molecular formula is C17H24ClN3. The zero-order valence-corrected chi connectivity index (χ0v) is 13.9. The van der Waals surface area contributed by atoms with E-state index in [0.29, 0.717) is 22.5 Å². The zero-order chi connectivity index (χ0) is 15.4. The standard InChI is InChI=1S/C17H24ClN3/c1-13(2)6-9-21(16-7-8-20(3)12-16)15-5-4-14(11-19)17(18)10-15/h4-5,10,13,16H,6-9,12H2,1-3H3. The van der Waals surface area contributed by atoms with Gasteiger partial charge in [-0.3, -0.25) is 0 Å². The summed E-state index contributed by atoms with van der Waals surface area (Å²) in [5.41, 5.74) is 1.69. The Morgan fingerprint density at radius 3 is 2.76 bits per heavy atom. The number of hydrogen-bond acceptors (Lipinski definition) is 3. The first-order chi connectivity index (χ1) is 10.0. The van der Waals surface area contributed by atoms with Crippen LogP contribution in [0.25, 0.3) is 0 Å². The lowest BCUT2D eigenvalue weighted by Gasteiger charge is -2.32. The monoisotopic (exact) mass is 305 g/mol. The van der Waals surface area contributed by atoms with Crippen molar-refractivity contribution in [2.75, 3.05) is 31.6 Å². The zero-order valence-electron chi connectivity index (χ0n) is 13.1. The van der Waals surface area contributed by atoms with Gasteiger partial charge in [0.2, 0.25) is 0 Å². The van der Waals surface area contributed by atoms with E-state index < -0.39 is 0 Å². The molecule has 0 aromatic heterocycles. The molecular weight excluding hydrogens is 282 g/mol. The number of nitriles is 1. The van der Waals surface area contributed by atoms with Crippen molar-refractivity contribution in [3.8, 4) is 6.07 Å². The van der Waals surface area contributed by atoms with Crippen molar-refractivity contribution in [1.82, 2.24) is 4.90 Å². The van der Waals surface area contributed by atoms with Crippen LogP contribution in [0, 0.1) is 17.2 Å².